The minimum absolute atomic E-state index is 0.225. The van der Waals surface area contributed by atoms with Crippen molar-refractivity contribution >= 4 is 9.84 Å². The Morgan fingerprint density at radius 2 is 2.00 bits per heavy atom. The van der Waals surface area contributed by atoms with E-state index in [1.54, 1.807) is 0 Å². The monoisotopic (exact) mass is 262 g/mol. The summed E-state index contributed by atoms with van der Waals surface area (Å²) in [6.07, 6.45) is 3.10. The molecule has 0 aromatic heterocycles. The molecular formula is C12H26N2O2S. The predicted molar refractivity (Wildman–Crippen MR) is 72.1 cm³/mol. The first kappa shape index (κ1) is 14.9. The van der Waals surface area contributed by atoms with Crippen molar-refractivity contribution in [1.29, 1.82) is 0 Å². The highest BCUT2D eigenvalue weighted by atomic mass is 32.2. The Balaban J connectivity index is 2.24. The van der Waals surface area contributed by atoms with Gasteiger partial charge in [0, 0.05) is 25.2 Å². The van der Waals surface area contributed by atoms with Crippen LogP contribution >= 0.6 is 0 Å². The van der Waals surface area contributed by atoms with Gasteiger partial charge >= 0.3 is 0 Å². The Hall–Kier alpha value is -0.130. The summed E-state index contributed by atoms with van der Waals surface area (Å²) in [7, 11) is -0.725. The molecule has 4 nitrogen and oxygen atoms in total. The smallest absolute Gasteiger partial charge is 0.151 e. The van der Waals surface area contributed by atoms with Gasteiger partial charge in [-0.2, -0.15) is 0 Å². The molecule has 0 aliphatic carbocycles. The molecule has 1 saturated heterocycles. The molecule has 1 unspecified atom stereocenters. The van der Waals surface area contributed by atoms with Crippen LogP contribution in [0.5, 0.6) is 0 Å². The lowest BCUT2D eigenvalue weighted by Crippen LogP contribution is -2.40. The molecule has 0 aromatic rings. The van der Waals surface area contributed by atoms with Crippen LogP contribution in [0.4, 0.5) is 0 Å². The van der Waals surface area contributed by atoms with Crippen molar-refractivity contribution in [2.24, 2.45) is 0 Å². The van der Waals surface area contributed by atoms with Gasteiger partial charge in [0.15, 0.2) is 9.84 Å². The van der Waals surface area contributed by atoms with Crippen molar-refractivity contribution in [2.75, 3.05) is 31.6 Å². The van der Waals surface area contributed by atoms with Crippen LogP contribution in [0.25, 0.3) is 0 Å². The van der Waals surface area contributed by atoms with Crippen molar-refractivity contribution in [1.82, 2.24) is 10.2 Å². The van der Waals surface area contributed by atoms with Crippen molar-refractivity contribution < 1.29 is 8.42 Å². The normalized spacial score (nSPS) is 23.7. The Morgan fingerprint density at radius 3 is 2.47 bits per heavy atom. The minimum Gasteiger partial charge on any atom is -0.313 e. The summed E-state index contributed by atoms with van der Waals surface area (Å²) in [5, 5.41) is 3.50. The molecule has 1 rings (SSSR count). The number of hydrogen-bond acceptors (Lipinski definition) is 4. The van der Waals surface area contributed by atoms with Crippen molar-refractivity contribution in [3.63, 3.8) is 0 Å². The molecule has 0 bridgehead atoms. The van der Waals surface area contributed by atoms with E-state index in [-0.39, 0.29) is 6.04 Å². The van der Waals surface area contributed by atoms with Crippen LogP contribution in [-0.4, -0.2) is 57.0 Å². The molecule has 1 atom stereocenters. The first-order chi connectivity index (χ1) is 7.98. The van der Waals surface area contributed by atoms with E-state index in [0.29, 0.717) is 17.5 Å². The molecule has 1 N–H and O–H groups in total. The number of rotatable bonds is 7. The maximum absolute atomic E-state index is 11.4. The summed E-state index contributed by atoms with van der Waals surface area (Å²) in [5.41, 5.74) is 0. The van der Waals surface area contributed by atoms with Gasteiger partial charge < -0.3 is 10.2 Å². The number of sulfone groups is 1. The van der Waals surface area contributed by atoms with E-state index in [1.165, 1.54) is 0 Å². The SMILES string of the molecule is CCC(CC)NCCN(C)C1CCS(=O)(=O)C1. The van der Waals surface area contributed by atoms with Crippen LogP contribution in [0.3, 0.4) is 0 Å². The standard InChI is InChI=1S/C12H26N2O2S/c1-4-11(5-2)13-7-8-14(3)12-6-9-17(15,16)10-12/h11-13H,4-10H2,1-3H3. The highest BCUT2D eigenvalue weighted by Crippen LogP contribution is 2.15. The van der Waals surface area contributed by atoms with Crippen molar-refractivity contribution in [3.8, 4) is 0 Å². The lowest BCUT2D eigenvalue weighted by atomic mass is 10.2. The lowest BCUT2D eigenvalue weighted by Gasteiger charge is -2.24. The maximum atomic E-state index is 11.4. The predicted octanol–water partition coefficient (Wildman–Crippen LogP) is 0.884. The quantitative estimate of drug-likeness (QED) is 0.740. The van der Waals surface area contributed by atoms with E-state index < -0.39 is 9.84 Å². The Morgan fingerprint density at radius 1 is 1.35 bits per heavy atom. The molecule has 17 heavy (non-hydrogen) atoms. The second-order valence-electron chi connectivity index (χ2n) is 5.01. The second-order valence-corrected chi connectivity index (χ2v) is 7.23. The highest BCUT2D eigenvalue weighted by Gasteiger charge is 2.30. The average Bonchev–Trinajstić information content (AvgIpc) is 2.65. The minimum atomic E-state index is -2.75. The fourth-order valence-corrected chi connectivity index (χ4v) is 4.13. The molecule has 102 valence electrons. The molecule has 0 saturated carbocycles. The molecule has 0 spiro atoms. The summed E-state index contributed by atoms with van der Waals surface area (Å²) >= 11 is 0. The Bertz CT molecular complexity index is 312. The fourth-order valence-electron chi connectivity index (χ4n) is 2.33. The van der Waals surface area contributed by atoms with E-state index in [0.717, 1.165) is 32.4 Å². The zero-order chi connectivity index (χ0) is 12.9. The summed E-state index contributed by atoms with van der Waals surface area (Å²) in [4.78, 5) is 2.18. The van der Waals surface area contributed by atoms with Gasteiger partial charge in [-0.1, -0.05) is 13.8 Å². The third-order valence-corrected chi connectivity index (χ3v) is 5.47. The van der Waals surface area contributed by atoms with Crippen LogP contribution < -0.4 is 5.32 Å². The molecular weight excluding hydrogens is 236 g/mol. The third kappa shape index (κ3) is 4.94. The molecule has 1 heterocycles. The van der Waals surface area contributed by atoms with E-state index in [4.69, 9.17) is 0 Å². The number of nitrogens with zero attached hydrogens (tertiary/aromatic N) is 1. The van der Waals surface area contributed by atoms with Crippen molar-refractivity contribution in [2.45, 2.75) is 45.2 Å². The number of hydrogen-bond donors (Lipinski definition) is 1. The van der Waals surface area contributed by atoms with Crippen LogP contribution in [0, 0.1) is 0 Å². The van der Waals surface area contributed by atoms with Crippen LogP contribution in [-0.2, 0) is 9.84 Å². The molecule has 1 aliphatic rings. The summed E-state index contributed by atoms with van der Waals surface area (Å²) in [6.45, 7) is 6.25. The first-order valence-electron chi connectivity index (χ1n) is 6.62. The van der Waals surface area contributed by atoms with Gasteiger partial charge in [-0.15, -0.1) is 0 Å². The van der Waals surface area contributed by atoms with Gasteiger partial charge in [0.2, 0.25) is 0 Å². The van der Waals surface area contributed by atoms with Gasteiger partial charge in [0.1, 0.15) is 0 Å². The largest absolute Gasteiger partial charge is 0.313 e. The van der Waals surface area contributed by atoms with Crippen LogP contribution in [0.1, 0.15) is 33.1 Å². The molecule has 5 heteroatoms. The fraction of sp³-hybridized carbons (Fsp3) is 1.00. The van der Waals surface area contributed by atoms with Crippen LogP contribution in [0.15, 0.2) is 0 Å². The molecule has 1 aliphatic heterocycles. The van der Waals surface area contributed by atoms with Gasteiger partial charge in [0.25, 0.3) is 0 Å². The zero-order valence-corrected chi connectivity index (χ0v) is 12.1. The van der Waals surface area contributed by atoms with Gasteiger partial charge in [-0.25, -0.2) is 8.42 Å². The molecule has 0 aromatic carbocycles. The second kappa shape index (κ2) is 6.71. The van der Waals surface area contributed by atoms with Crippen molar-refractivity contribution in [3.05, 3.63) is 0 Å². The summed E-state index contributed by atoms with van der Waals surface area (Å²) in [6, 6.07) is 0.819. The van der Waals surface area contributed by atoms with Crippen LogP contribution in [0.2, 0.25) is 0 Å². The average molecular weight is 262 g/mol. The molecule has 0 radical (unpaired) electrons. The van der Waals surface area contributed by atoms with E-state index in [1.807, 2.05) is 7.05 Å². The first-order valence-corrected chi connectivity index (χ1v) is 8.44. The highest BCUT2D eigenvalue weighted by molar-refractivity contribution is 7.91. The zero-order valence-electron chi connectivity index (χ0n) is 11.3. The topological polar surface area (TPSA) is 49.4 Å². The number of likely N-dealkylation sites (N-methyl/N-ethyl adjacent to an activating group) is 1. The van der Waals surface area contributed by atoms with E-state index in [9.17, 15) is 8.42 Å². The summed E-state index contributed by atoms with van der Waals surface area (Å²) < 4.78 is 22.8. The third-order valence-electron chi connectivity index (χ3n) is 3.71. The summed E-state index contributed by atoms with van der Waals surface area (Å²) in [5.74, 6) is 0.705. The lowest BCUT2D eigenvalue weighted by molar-refractivity contribution is 0.256. The Kier molecular flexibility index (Phi) is 5.89. The van der Waals surface area contributed by atoms with Gasteiger partial charge in [-0.05, 0) is 26.3 Å². The number of nitrogens with one attached hydrogen (secondary N) is 1. The van der Waals surface area contributed by atoms with Gasteiger partial charge in [0.05, 0.1) is 11.5 Å². The van der Waals surface area contributed by atoms with E-state index in [2.05, 4.69) is 24.1 Å². The maximum Gasteiger partial charge on any atom is 0.151 e. The van der Waals surface area contributed by atoms with Gasteiger partial charge in [-0.3, -0.25) is 0 Å². The Labute approximate surface area is 106 Å². The molecule has 0 amide bonds. The van der Waals surface area contributed by atoms with E-state index >= 15 is 0 Å². The molecule has 1 fully saturated rings.